The van der Waals surface area contributed by atoms with Crippen molar-refractivity contribution in [2.45, 2.75) is 13.3 Å². The van der Waals surface area contributed by atoms with Gasteiger partial charge in [-0.05, 0) is 42.2 Å². The van der Waals surface area contributed by atoms with Crippen molar-refractivity contribution in [3.05, 3.63) is 71.3 Å². The maximum absolute atomic E-state index is 13.6. The molecule has 0 saturated carbocycles. The molecule has 0 aliphatic heterocycles. The molecule has 2 heterocycles. The highest BCUT2D eigenvalue weighted by Gasteiger charge is 2.12. The molecule has 3 rings (SSSR count). The summed E-state index contributed by atoms with van der Waals surface area (Å²) in [5.74, 6) is -1.59. The van der Waals surface area contributed by atoms with Gasteiger partial charge in [0, 0.05) is 37.6 Å². The van der Waals surface area contributed by atoms with Crippen molar-refractivity contribution in [1.82, 2.24) is 20.1 Å². The average molecular weight is 356 g/mol. The van der Waals surface area contributed by atoms with E-state index in [2.05, 4.69) is 15.4 Å². The van der Waals surface area contributed by atoms with Gasteiger partial charge in [0.2, 0.25) is 0 Å². The van der Waals surface area contributed by atoms with Crippen molar-refractivity contribution in [2.24, 2.45) is 7.05 Å². The minimum atomic E-state index is -0.623. The van der Waals surface area contributed by atoms with E-state index in [4.69, 9.17) is 0 Å². The Morgan fingerprint density at radius 1 is 1.23 bits per heavy atom. The standard InChI is InChI=1S/C19H18F2N4O/c1-12-9-23-18(8-16(12)14-10-24-25(2)11-14)19(26)22-6-5-13-3-4-15(20)7-17(13)21/h3-4,7-11H,5-6H2,1-2H3,(H,22,26). The number of aromatic nitrogens is 3. The first-order valence-electron chi connectivity index (χ1n) is 8.12. The summed E-state index contributed by atoms with van der Waals surface area (Å²) in [5.41, 5.74) is 3.33. The van der Waals surface area contributed by atoms with E-state index in [0.717, 1.165) is 22.8 Å². The van der Waals surface area contributed by atoms with Gasteiger partial charge in [-0.2, -0.15) is 5.10 Å². The molecule has 5 nitrogen and oxygen atoms in total. The molecule has 0 aliphatic rings. The number of nitrogens with one attached hydrogen (secondary N) is 1. The second-order valence-corrected chi connectivity index (χ2v) is 6.03. The van der Waals surface area contributed by atoms with Crippen molar-refractivity contribution >= 4 is 5.91 Å². The lowest BCUT2D eigenvalue weighted by atomic mass is 10.0. The number of halogens is 2. The Hall–Kier alpha value is -3.09. The third-order valence-electron chi connectivity index (χ3n) is 4.05. The van der Waals surface area contributed by atoms with E-state index >= 15 is 0 Å². The van der Waals surface area contributed by atoms with Crippen LogP contribution in [-0.2, 0) is 13.5 Å². The zero-order chi connectivity index (χ0) is 18.7. The number of benzene rings is 1. The van der Waals surface area contributed by atoms with E-state index in [1.165, 1.54) is 12.1 Å². The highest BCUT2D eigenvalue weighted by atomic mass is 19.1. The summed E-state index contributed by atoms with van der Waals surface area (Å²) in [6, 6.07) is 5.11. The molecule has 0 spiro atoms. The molecule has 0 unspecified atom stereocenters. The zero-order valence-electron chi connectivity index (χ0n) is 14.5. The highest BCUT2D eigenvalue weighted by Crippen LogP contribution is 2.22. The molecule has 0 aliphatic carbocycles. The molecular formula is C19H18F2N4O. The molecule has 3 aromatic rings. The van der Waals surface area contributed by atoms with Crippen LogP contribution in [0.5, 0.6) is 0 Å². The molecule has 0 atom stereocenters. The molecule has 7 heteroatoms. The van der Waals surface area contributed by atoms with Crippen molar-refractivity contribution in [3.63, 3.8) is 0 Å². The third kappa shape index (κ3) is 3.93. The van der Waals surface area contributed by atoms with Crippen LogP contribution in [-0.4, -0.2) is 27.2 Å². The molecule has 0 radical (unpaired) electrons. The van der Waals surface area contributed by atoms with E-state index in [0.29, 0.717) is 5.56 Å². The number of hydrogen-bond donors (Lipinski definition) is 1. The maximum atomic E-state index is 13.6. The fourth-order valence-electron chi connectivity index (χ4n) is 2.64. The van der Waals surface area contributed by atoms with Gasteiger partial charge in [0.15, 0.2) is 0 Å². The van der Waals surface area contributed by atoms with Crippen molar-refractivity contribution < 1.29 is 13.6 Å². The third-order valence-corrected chi connectivity index (χ3v) is 4.05. The van der Waals surface area contributed by atoms with E-state index in [9.17, 15) is 13.6 Å². The van der Waals surface area contributed by atoms with Crippen LogP contribution in [0.3, 0.4) is 0 Å². The Morgan fingerprint density at radius 3 is 2.73 bits per heavy atom. The van der Waals surface area contributed by atoms with E-state index in [1.54, 1.807) is 23.1 Å². The van der Waals surface area contributed by atoms with Gasteiger partial charge in [-0.1, -0.05) is 6.07 Å². The Kier molecular flexibility index (Phi) is 5.06. The summed E-state index contributed by atoms with van der Waals surface area (Å²) < 4.78 is 28.2. The van der Waals surface area contributed by atoms with Crippen LogP contribution in [0.2, 0.25) is 0 Å². The lowest BCUT2D eigenvalue weighted by Gasteiger charge is -2.08. The predicted octanol–water partition coefficient (Wildman–Crippen LogP) is 3.04. The number of aryl methyl sites for hydroxylation is 2. The van der Waals surface area contributed by atoms with Gasteiger partial charge in [0.25, 0.3) is 5.91 Å². The number of carbonyl (C=O) groups excluding carboxylic acids is 1. The Labute approximate surface area is 149 Å². The molecule has 1 aromatic carbocycles. The topological polar surface area (TPSA) is 59.8 Å². The molecular weight excluding hydrogens is 338 g/mol. The quantitative estimate of drug-likeness (QED) is 0.764. The smallest absolute Gasteiger partial charge is 0.269 e. The minimum Gasteiger partial charge on any atom is -0.350 e. The Balaban J connectivity index is 1.68. The number of pyridine rings is 1. The van der Waals surface area contributed by atoms with Crippen LogP contribution in [0.4, 0.5) is 8.78 Å². The van der Waals surface area contributed by atoms with E-state index < -0.39 is 11.6 Å². The van der Waals surface area contributed by atoms with Crippen molar-refractivity contribution in [1.29, 1.82) is 0 Å². The van der Waals surface area contributed by atoms with Gasteiger partial charge in [-0.25, -0.2) is 8.78 Å². The molecule has 1 amide bonds. The first kappa shape index (κ1) is 17.7. The summed E-state index contributed by atoms with van der Waals surface area (Å²) in [5, 5.41) is 6.85. The SMILES string of the molecule is Cc1cnc(C(=O)NCCc2ccc(F)cc2F)cc1-c1cnn(C)c1. The van der Waals surface area contributed by atoms with E-state index in [1.807, 2.05) is 20.2 Å². The lowest BCUT2D eigenvalue weighted by Crippen LogP contribution is -2.26. The van der Waals surface area contributed by atoms with Gasteiger partial charge in [0.05, 0.1) is 6.20 Å². The summed E-state index contributed by atoms with van der Waals surface area (Å²) in [4.78, 5) is 16.5. The second-order valence-electron chi connectivity index (χ2n) is 6.03. The Morgan fingerprint density at radius 2 is 2.04 bits per heavy atom. The van der Waals surface area contributed by atoms with Gasteiger partial charge in [-0.3, -0.25) is 14.5 Å². The van der Waals surface area contributed by atoms with Crippen LogP contribution in [0.15, 0.2) is 42.9 Å². The molecule has 0 fully saturated rings. The Bertz CT molecular complexity index is 952. The van der Waals surface area contributed by atoms with Crippen molar-refractivity contribution in [3.8, 4) is 11.1 Å². The second kappa shape index (κ2) is 7.43. The van der Waals surface area contributed by atoms with Crippen LogP contribution < -0.4 is 5.32 Å². The number of hydrogen-bond acceptors (Lipinski definition) is 3. The molecule has 0 bridgehead atoms. The molecule has 134 valence electrons. The highest BCUT2D eigenvalue weighted by molar-refractivity contribution is 5.93. The normalized spacial score (nSPS) is 10.8. The monoisotopic (exact) mass is 356 g/mol. The summed E-state index contributed by atoms with van der Waals surface area (Å²) in [6.45, 7) is 2.13. The first-order valence-corrected chi connectivity index (χ1v) is 8.12. The summed E-state index contributed by atoms with van der Waals surface area (Å²) in [6.07, 6.45) is 5.48. The van der Waals surface area contributed by atoms with Gasteiger partial charge < -0.3 is 5.32 Å². The zero-order valence-corrected chi connectivity index (χ0v) is 14.5. The number of rotatable bonds is 5. The fraction of sp³-hybridized carbons (Fsp3) is 0.211. The minimum absolute atomic E-state index is 0.221. The first-order chi connectivity index (χ1) is 12.4. The number of carbonyl (C=O) groups is 1. The van der Waals surface area contributed by atoms with Gasteiger partial charge in [0.1, 0.15) is 17.3 Å². The predicted molar refractivity (Wildman–Crippen MR) is 93.6 cm³/mol. The van der Waals surface area contributed by atoms with Crippen molar-refractivity contribution in [2.75, 3.05) is 6.54 Å². The van der Waals surface area contributed by atoms with Gasteiger partial charge in [-0.15, -0.1) is 0 Å². The van der Waals surface area contributed by atoms with Gasteiger partial charge >= 0.3 is 0 Å². The van der Waals surface area contributed by atoms with E-state index in [-0.39, 0.29) is 24.6 Å². The lowest BCUT2D eigenvalue weighted by molar-refractivity contribution is 0.0949. The molecule has 0 saturated heterocycles. The average Bonchev–Trinajstić information content (AvgIpc) is 3.03. The molecule has 26 heavy (non-hydrogen) atoms. The van der Waals surface area contributed by atoms with Crippen LogP contribution >= 0.6 is 0 Å². The van der Waals surface area contributed by atoms with Crippen LogP contribution in [0.25, 0.3) is 11.1 Å². The number of amides is 1. The summed E-state index contributed by atoms with van der Waals surface area (Å²) in [7, 11) is 1.82. The summed E-state index contributed by atoms with van der Waals surface area (Å²) >= 11 is 0. The van der Waals surface area contributed by atoms with Crippen LogP contribution in [0.1, 0.15) is 21.6 Å². The van der Waals surface area contributed by atoms with Crippen LogP contribution in [0, 0.1) is 18.6 Å². The molecule has 2 aromatic heterocycles. The fourth-order valence-corrected chi connectivity index (χ4v) is 2.64. The molecule has 1 N–H and O–H groups in total. The number of nitrogens with zero attached hydrogens (tertiary/aromatic N) is 3. The largest absolute Gasteiger partial charge is 0.350 e. The maximum Gasteiger partial charge on any atom is 0.269 e.